The van der Waals surface area contributed by atoms with Gasteiger partial charge in [0.2, 0.25) is 5.82 Å². The van der Waals surface area contributed by atoms with Gasteiger partial charge in [0.25, 0.3) is 5.91 Å². The Balaban J connectivity index is 1.50. The molecule has 162 valence electrons. The Hall–Kier alpha value is -2.32. The van der Waals surface area contributed by atoms with Crippen LogP contribution in [-0.4, -0.2) is 78.2 Å². The van der Waals surface area contributed by atoms with Gasteiger partial charge in [-0.25, -0.2) is 15.0 Å². The molecule has 2 aromatic heterocycles. The number of rotatable bonds is 6. The van der Waals surface area contributed by atoms with Crippen molar-refractivity contribution in [2.45, 2.75) is 39.5 Å². The highest BCUT2D eigenvalue weighted by atomic mass is 16.5. The number of ether oxygens (including phenoxy) is 1. The van der Waals surface area contributed by atoms with E-state index in [1.165, 1.54) is 32.4 Å². The summed E-state index contributed by atoms with van der Waals surface area (Å²) in [6, 6.07) is 2.04. The van der Waals surface area contributed by atoms with Crippen LogP contribution >= 0.6 is 0 Å². The molecule has 0 aliphatic carbocycles. The largest absolute Gasteiger partial charge is 0.378 e. The normalized spacial score (nSPS) is 18.0. The number of piperidine rings is 1. The van der Waals surface area contributed by atoms with Gasteiger partial charge in [0.15, 0.2) is 5.65 Å². The molecule has 30 heavy (non-hydrogen) atoms. The molecule has 0 atom stereocenters. The lowest BCUT2D eigenvalue weighted by atomic mass is 10.1. The zero-order chi connectivity index (χ0) is 20.9. The van der Waals surface area contributed by atoms with Crippen molar-refractivity contribution in [3.05, 3.63) is 23.1 Å². The molecular formula is C22H32N6O2. The van der Waals surface area contributed by atoms with Crippen molar-refractivity contribution >= 4 is 22.8 Å². The number of nitrogens with zero attached hydrogens (tertiary/aromatic N) is 5. The lowest BCUT2D eigenvalue weighted by Crippen LogP contribution is -2.38. The van der Waals surface area contributed by atoms with Gasteiger partial charge in [-0.05, 0) is 64.4 Å². The number of hydrogen-bond acceptors (Lipinski definition) is 7. The second-order valence-electron chi connectivity index (χ2n) is 8.26. The Bertz CT molecular complexity index is 891. The fourth-order valence-corrected chi connectivity index (χ4v) is 4.33. The van der Waals surface area contributed by atoms with Crippen LogP contribution < -0.4 is 10.2 Å². The second kappa shape index (κ2) is 9.66. The summed E-state index contributed by atoms with van der Waals surface area (Å²) in [5, 5.41) is 3.92. The van der Waals surface area contributed by atoms with Crippen LogP contribution in [0.3, 0.4) is 0 Å². The van der Waals surface area contributed by atoms with Crippen molar-refractivity contribution in [1.82, 2.24) is 25.2 Å². The van der Waals surface area contributed by atoms with Gasteiger partial charge in [-0.3, -0.25) is 4.79 Å². The number of fused-ring (bicyclic) bond motifs is 1. The summed E-state index contributed by atoms with van der Waals surface area (Å²) in [6.07, 6.45) is 4.85. The predicted octanol–water partition coefficient (Wildman–Crippen LogP) is 2.08. The van der Waals surface area contributed by atoms with Crippen LogP contribution in [0.2, 0.25) is 0 Å². The molecule has 0 aromatic carbocycles. The molecule has 2 aliphatic rings. The Labute approximate surface area is 178 Å². The Kier molecular flexibility index (Phi) is 6.74. The van der Waals surface area contributed by atoms with E-state index in [0.29, 0.717) is 25.4 Å². The van der Waals surface area contributed by atoms with Crippen molar-refractivity contribution < 1.29 is 9.53 Å². The molecule has 2 aliphatic heterocycles. The van der Waals surface area contributed by atoms with Crippen LogP contribution in [0, 0.1) is 13.8 Å². The zero-order valence-electron chi connectivity index (χ0n) is 18.1. The third-order valence-corrected chi connectivity index (χ3v) is 5.87. The maximum atomic E-state index is 12.8. The van der Waals surface area contributed by atoms with E-state index >= 15 is 0 Å². The number of hydrogen-bond donors (Lipinski definition) is 1. The van der Waals surface area contributed by atoms with Crippen LogP contribution in [-0.2, 0) is 4.74 Å². The van der Waals surface area contributed by atoms with E-state index < -0.39 is 0 Å². The van der Waals surface area contributed by atoms with E-state index in [2.05, 4.69) is 30.1 Å². The van der Waals surface area contributed by atoms with Gasteiger partial charge in [0, 0.05) is 25.3 Å². The molecule has 0 saturated carbocycles. The van der Waals surface area contributed by atoms with Gasteiger partial charge in [0.1, 0.15) is 5.82 Å². The lowest BCUT2D eigenvalue weighted by Gasteiger charge is -2.29. The van der Waals surface area contributed by atoms with Gasteiger partial charge in [0.05, 0.1) is 18.6 Å². The lowest BCUT2D eigenvalue weighted by molar-refractivity contribution is 0.0941. The highest BCUT2D eigenvalue weighted by Gasteiger charge is 2.22. The minimum atomic E-state index is -0.231. The molecule has 1 amide bonds. The molecular weight excluding hydrogens is 380 g/mol. The molecule has 2 aromatic rings. The molecule has 2 fully saturated rings. The summed E-state index contributed by atoms with van der Waals surface area (Å²) in [5.74, 6) is 0.747. The number of aromatic nitrogens is 3. The Morgan fingerprint density at radius 2 is 1.83 bits per heavy atom. The predicted molar refractivity (Wildman–Crippen MR) is 117 cm³/mol. The summed E-state index contributed by atoms with van der Waals surface area (Å²) in [5.41, 5.74) is 2.55. The minimum Gasteiger partial charge on any atom is -0.378 e. The van der Waals surface area contributed by atoms with Gasteiger partial charge >= 0.3 is 0 Å². The van der Waals surface area contributed by atoms with Gasteiger partial charge in [-0.1, -0.05) is 6.42 Å². The van der Waals surface area contributed by atoms with Crippen LogP contribution in [0.1, 0.15) is 47.6 Å². The van der Waals surface area contributed by atoms with Gasteiger partial charge in [-0.2, -0.15) is 0 Å². The van der Waals surface area contributed by atoms with E-state index in [1.807, 2.05) is 19.9 Å². The minimum absolute atomic E-state index is 0.194. The van der Waals surface area contributed by atoms with Crippen molar-refractivity contribution in [1.29, 1.82) is 0 Å². The molecule has 0 bridgehead atoms. The number of nitrogens with one attached hydrogen (secondary N) is 1. The summed E-state index contributed by atoms with van der Waals surface area (Å²) < 4.78 is 5.49. The summed E-state index contributed by atoms with van der Waals surface area (Å²) in [4.78, 5) is 31.3. The fourth-order valence-electron chi connectivity index (χ4n) is 4.33. The second-order valence-corrected chi connectivity index (χ2v) is 8.26. The molecule has 2 saturated heterocycles. The summed E-state index contributed by atoms with van der Waals surface area (Å²) >= 11 is 0. The summed E-state index contributed by atoms with van der Waals surface area (Å²) in [7, 11) is 0. The highest BCUT2D eigenvalue weighted by molar-refractivity contribution is 5.96. The van der Waals surface area contributed by atoms with E-state index in [-0.39, 0.29) is 11.7 Å². The topological polar surface area (TPSA) is 83.5 Å². The first-order valence-electron chi connectivity index (χ1n) is 11.1. The number of aryl methyl sites for hydroxylation is 2. The van der Waals surface area contributed by atoms with Crippen LogP contribution in [0.25, 0.3) is 11.0 Å². The first-order valence-corrected chi connectivity index (χ1v) is 11.1. The van der Waals surface area contributed by atoms with Crippen LogP contribution in [0.4, 0.5) is 5.82 Å². The maximum Gasteiger partial charge on any atom is 0.289 e. The number of pyridine rings is 1. The fraction of sp³-hybridized carbons (Fsp3) is 0.636. The first kappa shape index (κ1) is 20.9. The van der Waals surface area contributed by atoms with Crippen molar-refractivity contribution in [3.63, 3.8) is 0 Å². The molecule has 8 heteroatoms. The van der Waals surface area contributed by atoms with Crippen molar-refractivity contribution in [3.8, 4) is 0 Å². The molecule has 4 rings (SSSR count). The quantitative estimate of drug-likeness (QED) is 0.727. The number of carbonyl (C=O) groups is 1. The van der Waals surface area contributed by atoms with Gasteiger partial charge < -0.3 is 19.9 Å². The number of likely N-dealkylation sites (tertiary alicyclic amines) is 1. The molecule has 0 radical (unpaired) electrons. The SMILES string of the molecule is Cc1cc(C)c2c(N3CCOCC3)nc(C(=O)NCCCN3CCCCC3)nc2n1. The number of amides is 1. The van der Waals surface area contributed by atoms with E-state index in [1.54, 1.807) is 0 Å². The van der Waals surface area contributed by atoms with E-state index in [9.17, 15) is 4.79 Å². The monoisotopic (exact) mass is 412 g/mol. The zero-order valence-corrected chi connectivity index (χ0v) is 18.1. The van der Waals surface area contributed by atoms with Crippen LogP contribution in [0.15, 0.2) is 6.07 Å². The number of anilines is 1. The smallest absolute Gasteiger partial charge is 0.289 e. The number of carbonyl (C=O) groups excluding carboxylic acids is 1. The molecule has 8 nitrogen and oxygen atoms in total. The van der Waals surface area contributed by atoms with Gasteiger partial charge in [-0.15, -0.1) is 0 Å². The average Bonchev–Trinajstić information content (AvgIpc) is 2.77. The van der Waals surface area contributed by atoms with Crippen LogP contribution in [0.5, 0.6) is 0 Å². The standard InChI is InChI=1S/C22H32N6O2/c1-16-15-17(2)24-19-18(16)21(28-11-13-30-14-12-28)26-20(25-19)22(29)23-7-6-10-27-8-4-3-5-9-27/h15H,3-14H2,1-2H3,(H,23,29). The molecule has 0 unspecified atom stereocenters. The highest BCUT2D eigenvalue weighted by Crippen LogP contribution is 2.27. The van der Waals surface area contributed by atoms with E-state index in [4.69, 9.17) is 4.74 Å². The molecule has 1 N–H and O–H groups in total. The number of morpholine rings is 1. The molecule has 4 heterocycles. The third kappa shape index (κ3) is 4.87. The molecule has 0 spiro atoms. The average molecular weight is 413 g/mol. The Morgan fingerprint density at radius 1 is 1.07 bits per heavy atom. The van der Waals surface area contributed by atoms with Crippen molar-refractivity contribution in [2.75, 3.05) is 57.4 Å². The van der Waals surface area contributed by atoms with Crippen molar-refractivity contribution in [2.24, 2.45) is 0 Å². The summed E-state index contributed by atoms with van der Waals surface area (Å²) in [6.45, 7) is 10.8. The Morgan fingerprint density at radius 3 is 2.60 bits per heavy atom. The third-order valence-electron chi connectivity index (χ3n) is 5.87. The maximum absolute atomic E-state index is 12.8. The first-order chi connectivity index (χ1) is 14.6. The van der Waals surface area contributed by atoms with E-state index in [0.717, 1.165) is 48.5 Å².